The normalized spacial score (nSPS) is 24.6. The second-order valence-corrected chi connectivity index (χ2v) is 5.19. The van der Waals surface area contributed by atoms with Crippen molar-refractivity contribution in [3.63, 3.8) is 0 Å². The minimum Gasteiger partial charge on any atom is -0.369 e. The van der Waals surface area contributed by atoms with Crippen LogP contribution in [-0.4, -0.2) is 16.5 Å². The zero-order valence-electron chi connectivity index (χ0n) is 10.9. The van der Waals surface area contributed by atoms with Crippen molar-refractivity contribution in [2.24, 2.45) is 5.92 Å². The van der Waals surface area contributed by atoms with Crippen molar-refractivity contribution in [2.45, 2.75) is 51.9 Å². The number of anilines is 1. The Balaban J connectivity index is 2.12. The molecule has 1 aromatic heterocycles. The van der Waals surface area contributed by atoms with Gasteiger partial charge in [0.1, 0.15) is 5.82 Å². The lowest BCUT2D eigenvalue weighted by Gasteiger charge is -2.27. The van der Waals surface area contributed by atoms with Crippen LogP contribution in [0.15, 0.2) is 12.4 Å². The van der Waals surface area contributed by atoms with E-state index in [-0.39, 0.29) is 0 Å². The first-order chi connectivity index (χ1) is 8.31. The molecule has 0 aromatic carbocycles. The second-order valence-electron chi connectivity index (χ2n) is 5.19. The van der Waals surface area contributed by atoms with E-state index < -0.39 is 0 Å². The number of hydrogen-bond donors (Lipinski definition) is 1. The average molecular weight is 233 g/mol. The summed E-state index contributed by atoms with van der Waals surface area (Å²) in [5.41, 5.74) is 1.19. The molecule has 17 heavy (non-hydrogen) atoms. The van der Waals surface area contributed by atoms with Gasteiger partial charge in [-0.2, -0.15) is 0 Å². The van der Waals surface area contributed by atoms with Crippen LogP contribution < -0.4 is 5.32 Å². The van der Waals surface area contributed by atoms with Gasteiger partial charge in [0.05, 0.1) is 5.69 Å². The Morgan fingerprint density at radius 3 is 2.88 bits per heavy atom. The molecule has 1 aliphatic rings. The highest BCUT2D eigenvalue weighted by atomic mass is 15.0. The van der Waals surface area contributed by atoms with E-state index in [1.54, 1.807) is 6.20 Å². The van der Waals surface area contributed by atoms with Crippen LogP contribution in [0.3, 0.4) is 0 Å². The number of nitrogens with zero attached hydrogens (tertiary/aromatic N) is 2. The predicted molar refractivity (Wildman–Crippen MR) is 71.2 cm³/mol. The largest absolute Gasteiger partial charge is 0.369 e. The molecule has 0 spiro atoms. The summed E-state index contributed by atoms with van der Waals surface area (Å²) >= 11 is 0. The zero-order chi connectivity index (χ0) is 12.1. The fourth-order valence-corrected chi connectivity index (χ4v) is 2.71. The third kappa shape index (κ3) is 3.18. The summed E-state index contributed by atoms with van der Waals surface area (Å²) in [6.07, 6.45) is 9.96. The van der Waals surface area contributed by atoms with Gasteiger partial charge in [0, 0.05) is 24.9 Å². The van der Waals surface area contributed by atoms with Gasteiger partial charge in [-0.25, -0.2) is 4.98 Å². The van der Waals surface area contributed by atoms with Gasteiger partial charge in [-0.05, 0) is 25.2 Å². The Hall–Kier alpha value is -1.12. The molecule has 3 heteroatoms. The van der Waals surface area contributed by atoms with Gasteiger partial charge in [-0.3, -0.25) is 4.98 Å². The lowest BCUT2D eigenvalue weighted by atomic mass is 9.80. The summed E-state index contributed by atoms with van der Waals surface area (Å²) in [5.74, 6) is 2.44. The van der Waals surface area contributed by atoms with Gasteiger partial charge >= 0.3 is 0 Å². The second kappa shape index (κ2) is 5.99. The highest BCUT2D eigenvalue weighted by molar-refractivity contribution is 5.41. The molecule has 1 aromatic rings. The molecule has 1 heterocycles. The molecule has 2 atom stereocenters. The number of rotatable bonds is 4. The third-order valence-electron chi connectivity index (χ3n) is 3.59. The molecule has 0 radical (unpaired) electrons. The predicted octanol–water partition coefficient (Wildman–Crippen LogP) is 3.59. The maximum Gasteiger partial charge on any atom is 0.148 e. The van der Waals surface area contributed by atoms with E-state index >= 15 is 0 Å². The SMILES string of the molecule is CCCNc1nccnc1C1CCCC(C)C1. The van der Waals surface area contributed by atoms with Crippen LogP contribution >= 0.6 is 0 Å². The summed E-state index contributed by atoms with van der Waals surface area (Å²) in [4.78, 5) is 9.01. The first-order valence-corrected chi connectivity index (χ1v) is 6.86. The Kier molecular flexibility index (Phi) is 4.35. The van der Waals surface area contributed by atoms with Gasteiger partial charge in [-0.1, -0.05) is 26.7 Å². The van der Waals surface area contributed by atoms with Crippen LogP contribution in [-0.2, 0) is 0 Å². The summed E-state index contributed by atoms with van der Waals surface area (Å²) in [5, 5.41) is 3.40. The fourth-order valence-electron chi connectivity index (χ4n) is 2.71. The Morgan fingerprint density at radius 2 is 2.12 bits per heavy atom. The number of hydrogen-bond acceptors (Lipinski definition) is 3. The molecular weight excluding hydrogens is 210 g/mol. The van der Waals surface area contributed by atoms with E-state index in [9.17, 15) is 0 Å². The van der Waals surface area contributed by atoms with Crippen LogP contribution in [0.5, 0.6) is 0 Å². The van der Waals surface area contributed by atoms with Crippen molar-refractivity contribution in [2.75, 3.05) is 11.9 Å². The molecule has 0 bridgehead atoms. The molecule has 94 valence electrons. The standard InChI is InChI=1S/C14H23N3/c1-3-7-16-14-13(15-8-9-17-14)12-6-4-5-11(2)10-12/h8-9,11-12H,3-7,10H2,1-2H3,(H,16,17). The molecule has 2 rings (SSSR count). The fraction of sp³-hybridized carbons (Fsp3) is 0.714. The average Bonchev–Trinajstić information content (AvgIpc) is 2.37. The molecule has 0 amide bonds. The molecule has 0 saturated heterocycles. The smallest absolute Gasteiger partial charge is 0.148 e. The first-order valence-electron chi connectivity index (χ1n) is 6.86. The van der Waals surface area contributed by atoms with E-state index in [1.807, 2.05) is 6.20 Å². The van der Waals surface area contributed by atoms with E-state index in [2.05, 4.69) is 29.1 Å². The maximum absolute atomic E-state index is 4.56. The molecule has 1 fully saturated rings. The Labute approximate surface area is 104 Å². The van der Waals surface area contributed by atoms with Crippen molar-refractivity contribution in [1.82, 2.24) is 9.97 Å². The molecule has 1 aliphatic carbocycles. The van der Waals surface area contributed by atoms with Crippen molar-refractivity contribution in [3.05, 3.63) is 18.1 Å². The van der Waals surface area contributed by atoms with Crippen LogP contribution in [0.2, 0.25) is 0 Å². The zero-order valence-corrected chi connectivity index (χ0v) is 10.9. The van der Waals surface area contributed by atoms with E-state index in [4.69, 9.17) is 0 Å². The van der Waals surface area contributed by atoms with Crippen molar-refractivity contribution in [3.8, 4) is 0 Å². The van der Waals surface area contributed by atoms with Crippen molar-refractivity contribution in [1.29, 1.82) is 0 Å². The molecule has 3 nitrogen and oxygen atoms in total. The van der Waals surface area contributed by atoms with Gasteiger partial charge < -0.3 is 5.32 Å². The van der Waals surface area contributed by atoms with Crippen molar-refractivity contribution < 1.29 is 0 Å². The molecule has 1 N–H and O–H groups in total. The van der Waals surface area contributed by atoms with Gasteiger partial charge in [0.2, 0.25) is 0 Å². The molecule has 1 saturated carbocycles. The Bertz CT molecular complexity index is 351. The van der Waals surface area contributed by atoms with E-state index in [0.29, 0.717) is 5.92 Å². The topological polar surface area (TPSA) is 37.8 Å². The molecular formula is C14H23N3. The summed E-state index contributed by atoms with van der Waals surface area (Å²) in [6, 6.07) is 0. The minimum absolute atomic E-state index is 0.604. The van der Waals surface area contributed by atoms with Gasteiger partial charge in [-0.15, -0.1) is 0 Å². The van der Waals surface area contributed by atoms with Gasteiger partial charge in [0.15, 0.2) is 0 Å². The lowest BCUT2D eigenvalue weighted by molar-refractivity contribution is 0.340. The summed E-state index contributed by atoms with van der Waals surface area (Å²) in [7, 11) is 0. The monoisotopic (exact) mass is 233 g/mol. The quantitative estimate of drug-likeness (QED) is 0.863. The first kappa shape index (κ1) is 12.3. The molecule has 0 aliphatic heterocycles. The van der Waals surface area contributed by atoms with Crippen LogP contribution in [0.4, 0.5) is 5.82 Å². The number of nitrogens with one attached hydrogen (secondary N) is 1. The highest BCUT2D eigenvalue weighted by Crippen LogP contribution is 2.37. The third-order valence-corrected chi connectivity index (χ3v) is 3.59. The lowest BCUT2D eigenvalue weighted by Crippen LogP contribution is -2.16. The van der Waals surface area contributed by atoms with Crippen LogP contribution in [0.1, 0.15) is 57.6 Å². The highest BCUT2D eigenvalue weighted by Gasteiger charge is 2.23. The number of aromatic nitrogens is 2. The summed E-state index contributed by atoms with van der Waals surface area (Å²) in [6.45, 7) is 5.50. The van der Waals surface area contributed by atoms with E-state index in [0.717, 1.165) is 24.7 Å². The molecule has 2 unspecified atom stereocenters. The van der Waals surface area contributed by atoms with Gasteiger partial charge in [0.25, 0.3) is 0 Å². The van der Waals surface area contributed by atoms with E-state index in [1.165, 1.54) is 31.4 Å². The summed E-state index contributed by atoms with van der Waals surface area (Å²) < 4.78 is 0. The van der Waals surface area contributed by atoms with Crippen LogP contribution in [0, 0.1) is 5.92 Å². The maximum atomic E-state index is 4.56. The van der Waals surface area contributed by atoms with Crippen molar-refractivity contribution >= 4 is 5.82 Å². The minimum atomic E-state index is 0.604. The Morgan fingerprint density at radius 1 is 1.29 bits per heavy atom. The van der Waals surface area contributed by atoms with Crippen LogP contribution in [0.25, 0.3) is 0 Å².